The average Bonchev–Trinajstić information content (AvgIpc) is 2.27. The fourth-order valence-electron chi connectivity index (χ4n) is 2.34. The minimum absolute atomic E-state index is 0.954. The molecule has 0 saturated carbocycles. The van der Waals surface area contributed by atoms with E-state index in [2.05, 4.69) is 52.7 Å². The molecule has 1 aliphatic carbocycles. The van der Waals surface area contributed by atoms with Crippen LogP contribution in [0, 0.1) is 0 Å². The van der Waals surface area contributed by atoms with E-state index in [0.29, 0.717) is 0 Å². The molecule has 15 heavy (non-hydrogen) atoms. The van der Waals surface area contributed by atoms with Crippen LogP contribution in [0.5, 0.6) is 0 Å². The summed E-state index contributed by atoms with van der Waals surface area (Å²) < 4.78 is 1.84. The first kappa shape index (κ1) is 13.5. The van der Waals surface area contributed by atoms with Gasteiger partial charge >= 0.3 is 98.0 Å². The van der Waals surface area contributed by atoms with Gasteiger partial charge in [-0.05, 0) is 0 Å². The van der Waals surface area contributed by atoms with Crippen LogP contribution >= 0.6 is 0 Å². The Kier molecular flexibility index (Phi) is 3.34. The van der Waals surface area contributed by atoms with Crippen molar-refractivity contribution in [2.45, 2.75) is 53.0 Å². The molecule has 0 nitrogen and oxygen atoms in total. The first-order chi connectivity index (χ1) is 6.46. The summed E-state index contributed by atoms with van der Waals surface area (Å²) in [5.74, 6) is 0. The van der Waals surface area contributed by atoms with E-state index >= 15 is 0 Å². The van der Waals surface area contributed by atoms with E-state index in [1.165, 1.54) is 12.5 Å². The molecule has 0 heterocycles. The van der Waals surface area contributed by atoms with Gasteiger partial charge in [0.1, 0.15) is 0 Å². The van der Waals surface area contributed by atoms with Crippen LogP contribution < -0.4 is 0 Å². The Morgan fingerprint density at radius 1 is 1.13 bits per heavy atom. The second-order valence-electron chi connectivity index (χ2n) is 8.35. The number of hydrogen-bond acceptors (Lipinski definition) is 0. The summed E-state index contributed by atoms with van der Waals surface area (Å²) in [7, 11) is -0.954. The monoisotopic (exact) mass is 259 g/mol. The van der Waals surface area contributed by atoms with E-state index in [1.807, 2.05) is 3.88 Å². The van der Waals surface area contributed by atoms with Crippen LogP contribution in [0.25, 0.3) is 0 Å². The predicted octanol–water partition coefficient (Wildman–Crippen LogP) is 5.42. The van der Waals surface area contributed by atoms with Crippen molar-refractivity contribution in [3.05, 3.63) is 21.6 Å². The fourth-order valence-corrected chi connectivity index (χ4v) is 7.82. The molecule has 1 rings (SSSR count). The minimum atomic E-state index is -2.19. The van der Waals surface area contributed by atoms with E-state index in [4.69, 9.17) is 0 Å². The molecule has 0 aliphatic heterocycles. The second-order valence-corrected chi connectivity index (χ2v) is 27.3. The summed E-state index contributed by atoms with van der Waals surface area (Å²) >= 11 is -2.19. The molecular weight excluding hydrogens is 232 g/mol. The molecule has 0 N–H and O–H groups in total. The summed E-state index contributed by atoms with van der Waals surface area (Å²) in [6.07, 6.45) is 6.04. The molecule has 0 aromatic carbocycles. The molecule has 0 unspecified atom stereocenters. The van der Waals surface area contributed by atoms with Crippen LogP contribution in [-0.2, 0) is 15.3 Å². The second kappa shape index (κ2) is 3.72. The zero-order chi connectivity index (χ0) is 11.9. The van der Waals surface area contributed by atoms with Crippen molar-refractivity contribution >= 4 is 8.07 Å². The average molecular weight is 259 g/mol. The van der Waals surface area contributed by atoms with Crippen LogP contribution in [0.3, 0.4) is 0 Å². The van der Waals surface area contributed by atoms with Gasteiger partial charge in [-0.25, -0.2) is 0 Å². The van der Waals surface area contributed by atoms with Crippen LogP contribution in [-0.4, -0.2) is 8.07 Å². The van der Waals surface area contributed by atoms with E-state index in [9.17, 15) is 0 Å². The first-order valence-corrected chi connectivity index (χ1v) is 16.8. The fraction of sp³-hybridized carbons (Fsp3) is 0.692. The zero-order valence-electron chi connectivity index (χ0n) is 11.6. The topological polar surface area (TPSA) is 0 Å². The Labute approximate surface area is 97.7 Å². The molecule has 0 aromatic rings. The summed E-state index contributed by atoms with van der Waals surface area (Å²) in [5.41, 5.74) is 1.71. The molecular formula is C13H27SiTi. The Balaban J connectivity index is 3.03. The zero-order valence-corrected chi connectivity index (χ0v) is 14.1. The van der Waals surface area contributed by atoms with Crippen molar-refractivity contribution in [2.24, 2.45) is 0 Å². The molecule has 0 fully saturated rings. The van der Waals surface area contributed by atoms with Gasteiger partial charge in [-0.2, -0.15) is 0 Å². The van der Waals surface area contributed by atoms with Gasteiger partial charge in [0.05, 0.1) is 0 Å². The number of allylic oxidation sites excluding steroid dienone is 4. The van der Waals surface area contributed by atoms with Crippen molar-refractivity contribution in [3.63, 3.8) is 0 Å². The molecule has 0 atom stereocenters. The third-order valence-corrected chi connectivity index (χ3v) is 8.99. The van der Waals surface area contributed by atoms with Crippen molar-refractivity contribution in [2.75, 3.05) is 0 Å². The SMILES string of the molecule is C[Si](C)(C)CC1=[C]([Ti]([CH3])([CH3])([CH3])[CH3])CC=C1. The quantitative estimate of drug-likeness (QED) is 0.593. The first-order valence-electron chi connectivity index (χ1n) is 6.09. The van der Waals surface area contributed by atoms with Gasteiger partial charge in [0.25, 0.3) is 0 Å². The van der Waals surface area contributed by atoms with Gasteiger partial charge in [0, 0.05) is 0 Å². The van der Waals surface area contributed by atoms with Crippen LogP contribution in [0.1, 0.15) is 6.42 Å². The molecule has 2 heteroatoms. The van der Waals surface area contributed by atoms with Gasteiger partial charge in [0.15, 0.2) is 0 Å². The van der Waals surface area contributed by atoms with Crippen molar-refractivity contribution in [1.29, 1.82) is 0 Å². The van der Waals surface area contributed by atoms with Crippen LogP contribution in [0.4, 0.5) is 0 Å². The molecule has 0 aromatic heterocycles. The molecule has 87 valence electrons. The Morgan fingerprint density at radius 2 is 1.67 bits per heavy atom. The van der Waals surface area contributed by atoms with Crippen molar-refractivity contribution in [1.82, 2.24) is 0 Å². The van der Waals surface area contributed by atoms with Crippen molar-refractivity contribution in [3.8, 4) is 0 Å². The molecule has 0 amide bonds. The summed E-state index contributed by atoms with van der Waals surface area (Å²) in [5, 5.41) is 10.2. The summed E-state index contributed by atoms with van der Waals surface area (Å²) in [6, 6.07) is 1.38. The van der Waals surface area contributed by atoms with Gasteiger partial charge in [-0.1, -0.05) is 0 Å². The molecule has 0 radical (unpaired) electrons. The van der Waals surface area contributed by atoms with Crippen LogP contribution in [0.15, 0.2) is 21.6 Å². The van der Waals surface area contributed by atoms with Crippen molar-refractivity contribution < 1.29 is 15.3 Å². The van der Waals surface area contributed by atoms with Gasteiger partial charge in [-0.3, -0.25) is 0 Å². The normalized spacial score (nSPS) is 20.6. The molecule has 0 spiro atoms. The summed E-state index contributed by atoms with van der Waals surface area (Å²) in [6.45, 7) is 7.42. The maximum atomic E-state index is 2.55. The standard InChI is InChI=1S/C9H15Si.4CH3.Ti/c1-10(2,3)8-9-6-4-5-7-9;;;;;/h4,6H,5,8H2,1-3H3;4*1H3;. The van der Waals surface area contributed by atoms with Crippen LogP contribution in [0.2, 0.25) is 46.6 Å². The van der Waals surface area contributed by atoms with E-state index < -0.39 is 23.4 Å². The molecule has 0 saturated heterocycles. The third-order valence-electron chi connectivity index (χ3n) is 2.96. The Bertz CT molecular complexity index is 311. The van der Waals surface area contributed by atoms with Gasteiger partial charge in [-0.15, -0.1) is 0 Å². The van der Waals surface area contributed by atoms with Gasteiger partial charge in [0.2, 0.25) is 0 Å². The van der Waals surface area contributed by atoms with E-state index in [-0.39, 0.29) is 0 Å². The van der Waals surface area contributed by atoms with E-state index in [0.717, 1.165) is 0 Å². The number of hydrogen-bond donors (Lipinski definition) is 0. The maximum absolute atomic E-state index is 2.55. The third kappa shape index (κ3) is 4.05. The molecule has 1 aliphatic rings. The Morgan fingerprint density at radius 3 is 2.07 bits per heavy atom. The Hall–Kier alpha value is 0.411. The van der Waals surface area contributed by atoms with Gasteiger partial charge < -0.3 is 0 Å². The number of rotatable bonds is 3. The predicted molar refractivity (Wildman–Crippen MR) is 72.4 cm³/mol. The molecule has 0 bridgehead atoms. The van der Waals surface area contributed by atoms with E-state index in [1.54, 1.807) is 5.57 Å². The summed E-state index contributed by atoms with van der Waals surface area (Å²) in [4.78, 5) is 0.